The number of amides is 1. The van der Waals surface area contributed by atoms with Gasteiger partial charge in [-0.1, -0.05) is 44.7 Å². The zero-order valence-electron chi connectivity index (χ0n) is 17.0. The molecule has 1 unspecified atom stereocenters. The van der Waals surface area contributed by atoms with Crippen LogP contribution in [-0.2, 0) is 22.4 Å². The maximum absolute atomic E-state index is 12.0. The highest BCUT2D eigenvalue weighted by Gasteiger charge is 2.24. The normalized spacial score (nSPS) is 12.8. The van der Waals surface area contributed by atoms with Gasteiger partial charge in [-0.05, 0) is 45.2 Å². The fraction of sp³-hybridized carbons (Fsp3) is 0.318. The number of benzene rings is 2. The van der Waals surface area contributed by atoms with Gasteiger partial charge in [0.2, 0.25) is 0 Å². The third kappa shape index (κ3) is 5.14. The van der Waals surface area contributed by atoms with Crippen LogP contribution in [0.1, 0.15) is 36.5 Å². The van der Waals surface area contributed by atoms with Crippen LogP contribution in [0.3, 0.4) is 0 Å². The average molecular weight is 540 g/mol. The van der Waals surface area contributed by atoms with Crippen molar-refractivity contribution in [2.45, 2.75) is 32.8 Å². The van der Waals surface area contributed by atoms with Gasteiger partial charge in [0.1, 0.15) is 12.2 Å². The molecule has 0 saturated carbocycles. The number of carbonyl (C=O) groups excluding carboxylic acids is 1. The summed E-state index contributed by atoms with van der Waals surface area (Å²) in [6.45, 7) is 8.99. The van der Waals surface area contributed by atoms with Crippen molar-refractivity contribution in [3.8, 4) is 16.9 Å². The van der Waals surface area contributed by atoms with Crippen LogP contribution in [0.25, 0.3) is 11.1 Å². The molecule has 1 atom stereocenters. The Morgan fingerprint density at radius 2 is 2.10 bits per heavy atom. The summed E-state index contributed by atoms with van der Waals surface area (Å²) in [6, 6.07) is 10.4. The number of anilines is 1. The SMILES string of the molecule is C=C(CNc1cc(-c2ccc(C(C)C)cc2)c2c(c1CO)CCO2)C(=O)NOPI. The standard InChI is InChI=1S/C22H26IN2O4P/c1-13(2)15-4-6-16(7-5-15)18-10-20(19(12-26)17-8-9-28-21(17)18)24-11-14(3)22(27)25-29-30-23/h4-7,10,13,24,26,30H,3,8-9,11-12H2,1-2H3,(H,25,27). The molecule has 0 bridgehead atoms. The van der Waals surface area contributed by atoms with E-state index in [-0.39, 0.29) is 25.5 Å². The lowest BCUT2D eigenvalue weighted by atomic mass is 9.93. The molecule has 8 heteroatoms. The summed E-state index contributed by atoms with van der Waals surface area (Å²) < 4.78 is 10.9. The molecular formula is C22H26IN2O4P. The Kier molecular flexibility index (Phi) is 8.11. The molecule has 0 aromatic heterocycles. The van der Waals surface area contributed by atoms with Gasteiger partial charge in [0, 0.05) is 40.9 Å². The maximum Gasteiger partial charge on any atom is 0.272 e. The Labute approximate surface area is 191 Å². The van der Waals surface area contributed by atoms with Gasteiger partial charge in [-0.2, -0.15) is 0 Å². The Bertz CT molecular complexity index is 932. The van der Waals surface area contributed by atoms with E-state index in [9.17, 15) is 9.90 Å². The predicted molar refractivity (Wildman–Crippen MR) is 130 cm³/mol. The maximum atomic E-state index is 12.0. The highest BCUT2D eigenvalue weighted by Crippen LogP contribution is 2.42. The summed E-state index contributed by atoms with van der Waals surface area (Å²) in [5, 5.41) is 13.3. The monoisotopic (exact) mass is 540 g/mol. The molecule has 3 N–H and O–H groups in total. The number of hydroxylamine groups is 1. The molecule has 6 nitrogen and oxygen atoms in total. The lowest BCUT2D eigenvalue weighted by Gasteiger charge is -2.18. The van der Waals surface area contributed by atoms with Crippen molar-refractivity contribution in [2.24, 2.45) is 0 Å². The minimum Gasteiger partial charge on any atom is -0.492 e. The van der Waals surface area contributed by atoms with E-state index in [1.54, 1.807) is 0 Å². The molecule has 1 aliphatic heterocycles. The van der Waals surface area contributed by atoms with Crippen molar-refractivity contribution in [2.75, 3.05) is 18.5 Å². The Morgan fingerprint density at radius 1 is 1.37 bits per heavy atom. The van der Waals surface area contributed by atoms with E-state index in [2.05, 4.69) is 55.5 Å². The lowest BCUT2D eigenvalue weighted by molar-refractivity contribution is -0.123. The molecule has 1 aliphatic rings. The van der Waals surface area contributed by atoms with E-state index in [1.165, 1.54) is 5.56 Å². The highest BCUT2D eigenvalue weighted by molar-refractivity contribution is 14.2. The smallest absolute Gasteiger partial charge is 0.272 e. The average Bonchev–Trinajstić information content (AvgIpc) is 3.24. The largest absolute Gasteiger partial charge is 0.492 e. The lowest BCUT2D eigenvalue weighted by Crippen LogP contribution is -2.25. The fourth-order valence-corrected chi connectivity index (χ4v) is 3.93. The third-order valence-electron chi connectivity index (χ3n) is 5.14. The second-order valence-electron chi connectivity index (χ2n) is 7.36. The molecule has 2 aromatic rings. The summed E-state index contributed by atoms with van der Waals surface area (Å²) in [4.78, 5) is 12.0. The molecule has 3 rings (SSSR count). The van der Waals surface area contributed by atoms with Crippen molar-refractivity contribution in [3.05, 3.63) is 59.2 Å². The minimum absolute atomic E-state index is 0.113. The minimum atomic E-state index is -0.369. The second-order valence-corrected chi connectivity index (χ2v) is 9.04. The molecule has 0 aliphatic carbocycles. The van der Waals surface area contributed by atoms with E-state index in [0.717, 1.165) is 40.1 Å². The van der Waals surface area contributed by atoms with Crippen molar-refractivity contribution in [3.63, 3.8) is 0 Å². The van der Waals surface area contributed by atoms with Gasteiger partial charge in [0.25, 0.3) is 5.91 Å². The Morgan fingerprint density at radius 3 is 2.73 bits per heavy atom. The molecule has 160 valence electrons. The first-order chi connectivity index (χ1) is 14.5. The molecule has 1 heterocycles. The number of rotatable bonds is 9. The second kappa shape index (κ2) is 10.6. The topological polar surface area (TPSA) is 79.8 Å². The van der Waals surface area contributed by atoms with E-state index >= 15 is 0 Å². The van der Waals surface area contributed by atoms with E-state index in [4.69, 9.17) is 9.36 Å². The number of fused-ring (bicyclic) bond motifs is 1. The van der Waals surface area contributed by atoms with Gasteiger partial charge in [-0.25, -0.2) is 10.1 Å². The molecule has 0 radical (unpaired) electrons. The molecule has 1 amide bonds. The first kappa shape index (κ1) is 23.0. The predicted octanol–water partition coefficient (Wildman–Crippen LogP) is 4.86. The highest BCUT2D eigenvalue weighted by atomic mass is 127. The van der Waals surface area contributed by atoms with Crippen molar-refractivity contribution in [1.82, 2.24) is 5.48 Å². The molecule has 0 spiro atoms. The summed E-state index contributed by atoms with van der Waals surface area (Å²) in [5.74, 6) is 0.921. The number of aliphatic hydroxyl groups excluding tert-OH is 1. The van der Waals surface area contributed by atoms with Crippen molar-refractivity contribution in [1.29, 1.82) is 0 Å². The van der Waals surface area contributed by atoms with Crippen LogP contribution in [0.15, 0.2) is 42.5 Å². The zero-order valence-corrected chi connectivity index (χ0v) is 20.2. The number of hydrogen-bond donors (Lipinski definition) is 3. The van der Waals surface area contributed by atoms with Gasteiger partial charge >= 0.3 is 0 Å². The quantitative estimate of drug-likeness (QED) is 0.183. The van der Waals surface area contributed by atoms with Crippen LogP contribution < -0.4 is 15.5 Å². The van der Waals surface area contributed by atoms with Crippen LogP contribution in [0.5, 0.6) is 5.75 Å². The van der Waals surface area contributed by atoms with E-state index in [0.29, 0.717) is 18.1 Å². The Hall–Kier alpha value is -1.67. The van der Waals surface area contributed by atoms with Gasteiger partial charge < -0.3 is 15.2 Å². The fourth-order valence-electron chi connectivity index (χ4n) is 3.46. The molecule has 0 saturated heterocycles. The summed E-state index contributed by atoms with van der Waals surface area (Å²) >= 11 is 2.02. The molecule has 0 fully saturated rings. The number of ether oxygens (including phenoxy) is 1. The molecular weight excluding hydrogens is 514 g/mol. The first-order valence-electron chi connectivity index (χ1n) is 9.72. The number of halogens is 1. The molecule has 30 heavy (non-hydrogen) atoms. The number of carbonyl (C=O) groups is 1. The van der Waals surface area contributed by atoms with Crippen LogP contribution in [-0.4, -0.2) is 24.2 Å². The number of aliphatic hydroxyl groups is 1. The van der Waals surface area contributed by atoms with Gasteiger partial charge in [-0.15, -0.1) is 0 Å². The van der Waals surface area contributed by atoms with Crippen LogP contribution >= 0.6 is 28.5 Å². The number of hydrogen-bond acceptors (Lipinski definition) is 5. The van der Waals surface area contributed by atoms with Gasteiger partial charge in [0.05, 0.1) is 13.2 Å². The molecule has 2 aromatic carbocycles. The number of nitrogens with one attached hydrogen (secondary N) is 2. The summed E-state index contributed by atoms with van der Waals surface area (Å²) in [6.07, 6.45) is 0.740. The van der Waals surface area contributed by atoms with Gasteiger partial charge in [-0.3, -0.25) is 4.79 Å². The van der Waals surface area contributed by atoms with Gasteiger partial charge in [0.15, 0.2) is 0 Å². The first-order valence-corrected chi connectivity index (χ1v) is 13.7. The third-order valence-corrected chi connectivity index (χ3v) is 5.98. The summed E-state index contributed by atoms with van der Waals surface area (Å²) in [5.41, 5.74) is 8.57. The van der Waals surface area contributed by atoms with Crippen molar-refractivity contribution < 1.29 is 19.3 Å². The van der Waals surface area contributed by atoms with E-state index < -0.39 is 0 Å². The van der Waals surface area contributed by atoms with E-state index in [1.807, 2.05) is 28.1 Å². The van der Waals surface area contributed by atoms with Crippen molar-refractivity contribution >= 4 is 40.1 Å². The van der Waals surface area contributed by atoms with Crippen LogP contribution in [0.2, 0.25) is 0 Å². The zero-order chi connectivity index (χ0) is 21.7. The Balaban J connectivity index is 1.91. The van der Waals surface area contributed by atoms with Crippen LogP contribution in [0, 0.1) is 0 Å². The van der Waals surface area contributed by atoms with Crippen LogP contribution in [0.4, 0.5) is 5.69 Å². The summed E-state index contributed by atoms with van der Waals surface area (Å²) in [7, 11) is 0.